The minimum atomic E-state index is -0.621. The van der Waals surface area contributed by atoms with Gasteiger partial charge in [-0.25, -0.2) is 0 Å². The summed E-state index contributed by atoms with van der Waals surface area (Å²) in [6.45, 7) is 7.41. The summed E-state index contributed by atoms with van der Waals surface area (Å²) in [4.78, 5) is 10.4. The van der Waals surface area contributed by atoms with Gasteiger partial charge in [0.05, 0.1) is 6.07 Å². The van der Waals surface area contributed by atoms with Gasteiger partial charge in [-0.1, -0.05) is 27.7 Å². The molecular weight excluding hydrogens is 194 g/mol. The van der Waals surface area contributed by atoms with Gasteiger partial charge in [0.1, 0.15) is 12.2 Å². The van der Waals surface area contributed by atoms with Gasteiger partial charge in [-0.05, 0) is 11.8 Å². The van der Waals surface area contributed by atoms with Crippen LogP contribution in [0.3, 0.4) is 0 Å². The van der Waals surface area contributed by atoms with Crippen LogP contribution in [0.1, 0.15) is 27.7 Å². The lowest BCUT2D eigenvalue weighted by atomic mass is 10.0. The number of nitrogens with zero attached hydrogens (tertiary/aromatic N) is 2. The highest BCUT2D eigenvalue weighted by atomic mass is 16.5. The fraction of sp³-hybridized carbons (Fsp3) is 0.800. The van der Waals surface area contributed by atoms with Crippen LogP contribution in [0.4, 0.5) is 0 Å². The van der Waals surface area contributed by atoms with Gasteiger partial charge in [-0.15, -0.1) is 0 Å². The fourth-order valence-electron chi connectivity index (χ4n) is 1.33. The maximum Gasteiger partial charge on any atom is 0.208 e. The van der Waals surface area contributed by atoms with E-state index in [0.717, 1.165) is 5.06 Å². The van der Waals surface area contributed by atoms with Crippen LogP contribution in [0, 0.1) is 23.2 Å². The Morgan fingerprint density at radius 1 is 1.33 bits per heavy atom. The van der Waals surface area contributed by atoms with Crippen molar-refractivity contribution in [2.45, 2.75) is 39.9 Å². The lowest BCUT2D eigenvalue weighted by molar-refractivity contribution is -0.175. The summed E-state index contributed by atoms with van der Waals surface area (Å²) < 4.78 is 0. The Morgan fingerprint density at radius 3 is 2.13 bits per heavy atom. The summed E-state index contributed by atoms with van der Waals surface area (Å²) in [5, 5.41) is 22.1. The van der Waals surface area contributed by atoms with Crippen molar-refractivity contribution in [3.05, 3.63) is 0 Å². The van der Waals surface area contributed by atoms with Gasteiger partial charge in [0.15, 0.2) is 0 Å². The van der Waals surface area contributed by atoms with Crippen molar-refractivity contribution in [2.24, 2.45) is 11.8 Å². The first kappa shape index (κ1) is 13.9. The molecule has 1 amide bonds. The van der Waals surface area contributed by atoms with E-state index >= 15 is 0 Å². The molecule has 0 bridgehead atoms. The Kier molecular flexibility index (Phi) is 5.90. The second-order valence-electron chi connectivity index (χ2n) is 4.17. The van der Waals surface area contributed by atoms with E-state index in [1.165, 1.54) is 0 Å². The predicted molar refractivity (Wildman–Crippen MR) is 55.7 cm³/mol. The van der Waals surface area contributed by atoms with Gasteiger partial charge >= 0.3 is 0 Å². The molecule has 0 aliphatic heterocycles. The summed E-state index contributed by atoms with van der Waals surface area (Å²) in [7, 11) is 0. The lowest BCUT2D eigenvalue weighted by Gasteiger charge is -2.33. The number of hydrogen-bond donors (Lipinski definition) is 2. The summed E-state index contributed by atoms with van der Waals surface area (Å²) in [5.41, 5.74) is 0. The highest BCUT2D eigenvalue weighted by molar-refractivity contribution is 5.46. The average Bonchev–Trinajstić information content (AvgIpc) is 2.13. The Bertz CT molecular complexity index is 235. The molecule has 0 saturated heterocycles. The predicted octanol–water partition coefficient (Wildman–Crippen LogP) is 0.954. The normalized spacial score (nSPS) is 15.1. The highest BCUT2D eigenvalue weighted by Gasteiger charge is 2.28. The molecule has 0 aromatic heterocycles. The van der Waals surface area contributed by atoms with E-state index in [9.17, 15) is 10.0 Å². The Balaban J connectivity index is 4.67. The largest absolute Gasteiger partial charge is 0.341 e. The molecule has 0 rings (SSSR count). The molecule has 0 radical (unpaired) electrons. The monoisotopic (exact) mass is 213 g/mol. The Labute approximate surface area is 90.6 Å². The molecule has 0 aliphatic rings. The SMILES string of the molecule is CC(C)C(C#N)N(O)C(NC=O)C(C)C. The Hall–Kier alpha value is -1.12. The number of nitriles is 1. The molecule has 0 aromatic rings. The highest BCUT2D eigenvalue weighted by Crippen LogP contribution is 2.14. The van der Waals surface area contributed by atoms with Gasteiger partial charge in [0.25, 0.3) is 0 Å². The lowest BCUT2D eigenvalue weighted by Crippen LogP contribution is -2.52. The molecule has 5 heteroatoms. The zero-order valence-corrected chi connectivity index (χ0v) is 9.64. The number of nitrogens with one attached hydrogen (secondary N) is 1. The van der Waals surface area contributed by atoms with E-state index in [1.54, 1.807) is 0 Å². The van der Waals surface area contributed by atoms with Crippen molar-refractivity contribution in [1.29, 1.82) is 5.26 Å². The molecule has 0 aliphatic carbocycles. The molecule has 0 spiro atoms. The Morgan fingerprint density at radius 2 is 1.87 bits per heavy atom. The number of hydroxylamine groups is 2. The van der Waals surface area contributed by atoms with Gasteiger partial charge in [0.2, 0.25) is 6.41 Å². The third-order valence-electron chi connectivity index (χ3n) is 2.20. The second kappa shape index (κ2) is 6.38. The van der Waals surface area contributed by atoms with Crippen molar-refractivity contribution in [3.8, 4) is 6.07 Å². The van der Waals surface area contributed by atoms with Gasteiger partial charge in [0, 0.05) is 0 Å². The van der Waals surface area contributed by atoms with E-state index in [1.807, 2.05) is 33.8 Å². The van der Waals surface area contributed by atoms with Crippen LogP contribution in [0.25, 0.3) is 0 Å². The summed E-state index contributed by atoms with van der Waals surface area (Å²) in [5.74, 6) is 0.0181. The molecule has 86 valence electrons. The van der Waals surface area contributed by atoms with Gasteiger partial charge < -0.3 is 10.5 Å². The van der Waals surface area contributed by atoms with Crippen LogP contribution >= 0.6 is 0 Å². The van der Waals surface area contributed by atoms with Crippen molar-refractivity contribution in [2.75, 3.05) is 0 Å². The molecule has 5 nitrogen and oxygen atoms in total. The van der Waals surface area contributed by atoms with Gasteiger partial charge in [-0.2, -0.15) is 10.3 Å². The molecule has 0 saturated carbocycles. The number of hydrogen-bond acceptors (Lipinski definition) is 4. The first-order chi connectivity index (χ1) is 6.95. The first-order valence-corrected chi connectivity index (χ1v) is 5.02. The average molecular weight is 213 g/mol. The van der Waals surface area contributed by atoms with Crippen LogP contribution in [0.5, 0.6) is 0 Å². The molecule has 0 fully saturated rings. The first-order valence-electron chi connectivity index (χ1n) is 5.02. The fourth-order valence-corrected chi connectivity index (χ4v) is 1.33. The molecule has 15 heavy (non-hydrogen) atoms. The van der Waals surface area contributed by atoms with E-state index < -0.39 is 12.2 Å². The third kappa shape index (κ3) is 3.86. The van der Waals surface area contributed by atoms with Crippen molar-refractivity contribution < 1.29 is 10.0 Å². The van der Waals surface area contributed by atoms with Crippen molar-refractivity contribution in [1.82, 2.24) is 10.4 Å². The zero-order valence-electron chi connectivity index (χ0n) is 9.64. The third-order valence-corrected chi connectivity index (χ3v) is 2.20. The molecule has 2 unspecified atom stereocenters. The van der Waals surface area contributed by atoms with Crippen LogP contribution < -0.4 is 5.32 Å². The molecular formula is C10H19N3O2. The van der Waals surface area contributed by atoms with Gasteiger partial charge in [-0.3, -0.25) is 4.79 Å². The standard InChI is InChI=1S/C10H19N3O2/c1-7(2)9(5-11)13(15)10(8(3)4)12-6-14/h6-10,15H,1-4H3,(H,12,14). The zero-order chi connectivity index (χ0) is 12.0. The summed E-state index contributed by atoms with van der Waals surface area (Å²) in [6, 6.07) is 1.39. The van der Waals surface area contributed by atoms with E-state index in [2.05, 4.69) is 5.32 Å². The van der Waals surface area contributed by atoms with Crippen LogP contribution in [-0.2, 0) is 4.79 Å². The number of amides is 1. The van der Waals surface area contributed by atoms with Crippen LogP contribution in [0.15, 0.2) is 0 Å². The van der Waals surface area contributed by atoms with Crippen molar-refractivity contribution in [3.63, 3.8) is 0 Å². The summed E-state index contributed by atoms with van der Waals surface area (Å²) in [6.07, 6.45) is -0.00242. The van der Waals surface area contributed by atoms with E-state index in [0.29, 0.717) is 6.41 Å². The topological polar surface area (TPSA) is 76.4 Å². The number of rotatable bonds is 6. The maximum atomic E-state index is 10.4. The minimum absolute atomic E-state index is 0.00491. The molecule has 0 heterocycles. The summed E-state index contributed by atoms with van der Waals surface area (Å²) >= 11 is 0. The van der Waals surface area contributed by atoms with Crippen LogP contribution in [0.2, 0.25) is 0 Å². The van der Waals surface area contributed by atoms with Crippen molar-refractivity contribution >= 4 is 6.41 Å². The molecule has 2 atom stereocenters. The maximum absolute atomic E-state index is 10.4. The molecule has 2 N–H and O–H groups in total. The number of carbonyl (C=O) groups is 1. The van der Waals surface area contributed by atoms with Crippen LogP contribution in [-0.4, -0.2) is 28.9 Å². The van der Waals surface area contributed by atoms with E-state index in [4.69, 9.17) is 5.26 Å². The number of carbonyl (C=O) groups excluding carboxylic acids is 1. The second-order valence-corrected chi connectivity index (χ2v) is 4.17. The van der Waals surface area contributed by atoms with E-state index in [-0.39, 0.29) is 11.8 Å². The quantitative estimate of drug-likeness (QED) is 0.391. The minimum Gasteiger partial charge on any atom is -0.341 e. The smallest absolute Gasteiger partial charge is 0.208 e. The molecule has 0 aromatic carbocycles.